The van der Waals surface area contributed by atoms with Gasteiger partial charge in [0.25, 0.3) is 5.91 Å². The predicted octanol–water partition coefficient (Wildman–Crippen LogP) is 4.66. The van der Waals surface area contributed by atoms with Crippen LogP contribution in [0.3, 0.4) is 0 Å². The topological polar surface area (TPSA) is 49.4 Å². The molecule has 158 valence electrons. The number of carbonyl (C=O) groups is 2. The zero-order chi connectivity index (χ0) is 21.5. The first-order valence-electron chi connectivity index (χ1n) is 10.3. The van der Waals surface area contributed by atoms with Crippen LogP contribution in [0.1, 0.15) is 60.5 Å². The predicted molar refractivity (Wildman–Crippen MR) is 118 cm³/mol. The zero-order valence-electron chi connectivity index (χ0n) is 17.5. The lowest BCUT2D eigenvalue weighted by Crippen LogP contribution is -2.48. The molecule has 4 nitrogen and oxygen atoms in total. The quantitative estimate of drug-likeness (QED) is 0.774. The molecule has 1 saturated heterocycles. The highest BCUT2D eigenvalue weighted by Crippen LogP contribution is 2.43. The summed E-state index contributed by atoms with van der Waals surface area (Å²) in [6.45, 7) is 6.48. The molecule has 2 atom stereocenters. The maximum Gasteiger partial charge on any atom is 0.255 e. The summed E-state index contributed by atoms with van der Waals surface area (Å²) in [6, 6.07) is 13.5. The van der Waals surface area contributed by atoms with E-state index in [4.69, 9.17) is 0 Å². The lowest BCUT2D eigenvalue weighted by molar-refractivity contribution is -0.125. The Morgan fingerprint density at radius 1 is 1.03 bits per heavy atom. The van der Waals surface area contributed by atoms with Crippen molar-refractivity contribution in [2.24, 2.45) is 0 Å². The van der Waals surface area contributed by atoms with Gasteiger partial charge in [-0.15, -0.1) is 11.8 Å². The molecule has 2 unspecified atom stereocenters. The molecule has 1 heterocycles. The third-order valence-corrected chi connectivity index (χ3v) is 6.94. The van der Waals surface area contributed by atoms with Crippen LogP contribution < -0.4 is 5.32 Å². The number of hydrogen-bond donors (Lipinski definition) is 1. The number of hydrogen-bond acceptors (Lipinski definition) is 3. The first-order chi connectivity index (χ1) is 14.2. The van der Waals surface area contributed by atoms with Crippen molar-refractivity contribution in [1.82, 2.24) is 10.2 Å². The summed E-state index contributed by atoms with van der Waals surface area (Å²) >= 11 is 1.60. The van der Waals surface area contributed by atoms with Gasteiger partial charge in [-0.2, -0.15) is 0 Å². The van der Waals surface area contributed by atoms with E-state index < -0.39 is 6.04 Å². The minimum atomic E-state index is -0.541. The largest absolute Gasteiger partial charge is 0.352 e. The summed E-state index contributed by atoms with van der Waals surface area (Å²) in [6.07, 6.45) is 1.99. The van der Waals surface area contributed by atoms with Crippen LogP contribution in [0.5, 0.6) is 0 Å². The normalized spacial score (nSPS) is 21.5. The molecule has 2 aromatic rings. The van der Waals surface area contributed by atoms with Gasteiger partial charge in [0.05, 0.1) is 0 Å². The molecule has 0 aromatic heterocycles. The molecule has 2 amide bonds. The molecule has 1 N–H and O–H groups in total. The summed E-state index contributed by atoms with van der Waals surface area (Å²) in [7, 11) is 0. The van der Waals surface area contributed by atoms with Crippen LogP contribution in [0.4, 0.5) is 4.39 Å². The Morgan fingerprint density at radius 3 is 2.23 bits per heavy atom. The molecule has 1 aliphatic heterocycles. The molecular weight excluding hydrogens is 399 g/mol. The van der Waals surface area contributed by atoms with Crippen molar-refractivity contribution in [3.8, 4) is 0 Å². The Kier molecular flexibility index (Phi) is 5.62. The van der Waals surface area contributed by atoms with Gasteiger partial charge in [-0.05, 0) is 53.6 Å². The Hall–Kier alpha value is -2.34. The summed E-state index contributed by atoms with van der Waals surface area (Å²) < 4.78 is 13.4. The van der Waals surface area contributed by atoms with E-state index in [0.29, 0.717) is 11.3 Å². The van der Waals surface area contributed by atoms with Gasteiger partial charge in [-0.25, -0.2) is 4.39 Å². The van der Waals surface area contributed by atoms with Crippen LogP contribution in [-0.4, -0.2) is 34.6 Å². The van der Waals surface area contributed by atoms with Gasteiger partial charge in [-0.1, -0.05) is 45.0 Å². The average molecular weight is 427 g/mol. The fourth-order valence-electron chi connectivity index (χ4n) is 3.63. The van der Waals surface area contributed by atoms with E-state index in [1.54, 1.807) is 16.7 Å². The first kappa shape index (κ1) is 20.9. The van der Waals surface area contributed by atoms with Crippen LogP contribution >= 0.6 is 11.8 Å². The number of rotatable bonds is 4. The highest BCUT2D eigenvalue weighted by atomic mass is 32.2. The van der Waals surface area contributed by atoms with Gasteiger partial charge in [-0.3, -0.25) is 9.59 Å². The van der Waals surface area contributed by atoms with Crippen molar-refractivity contribution in [3.63, 3.8) is 0 Å². The summed E-state index contributed by atoms with van der Waals surface area (Å²) in [4.78, 5) is 27.9. The number of amides is 2. The maximum absolute atomic E-state index is 13.4. The smallest absolute Gasteiger partial charge is 0.255 e. The number of halogens is 1. The molecule has 1 aliphatic carbocycles. The van der Waals surface area contributed by atoms with Crippen molar-refractivity contribution in [2.75, 3.05) is 5.75 Å². The van der Waals surface area contributed by atoms with Gasteiger partial charge >= 0.3 is 0 Å². The van der Waals surface area contributed by atoms with Crippen LogP contribution in [0.2, 0.25) is 0 Å². The minimum absolute atomic E-state index is 0.0393. The average Bonchev–Trinajstić information content (AvgIpc) is 3.41. The fraction of sp³-hybridized carbons (Fsp3) is 0.417. The Balaban J connectivity index is 1.65. The van der Waals surface area contributed by atoms with Gasteiger partial charge in [0, 0.05) is 17.4 Å². The lowest BCUT2D eigenvalue weighted by Gasteiger charge is -2.29. The molecule has 6 heteroatoms. The van der Waals surface area contributed by atoms with Crippen LogP contribution in [0.15, 0.2) is 48.5 Å². The second-order valence-electron chi connectivity index (χ2n) is 9.08. The molecule has 2 aliphatic rings. The molecule has 4 rings (SSSR count). The van der Waals surface area contributed by atoms with Gasteiger partial charge in [0.1, 0.15) is 17.2 Å². The van der Waals surface area contributed by atoms with E-state index in [-0.39, 0.29) is 34.5 Å². The van der Waals surface area contributed by atoms with E-state index in [9.17, 15) is 14.0 Å². The summed E-state index contributed by atoms with van der Waals surface area (Å²) in [5.74, 6) is -0.202. The van der Waals surface area contributed by atoms with Crippen LogP contribution in [-0.2, 0) is 10.2 Å². The third-order valence-electron chi connectivity index (χ3n) is 5.61. The minimum Gasteiger partial charge on any atom is -0.352 e. The first-order valence-corrected chi connectivity index (χ1v) is 11.4. The molecule has 30 heavy (non-hydrogen) atoms. The van der Waals surface area contributed by atoms with Crippen molar-refractivity contribution >= 4 is 23.6 Å². The van der Waals surface area contributed by atoms with E-state index in [1.165, 1.54) is 29.8 Å². The van der Waals surface area contributed by atoms with Crippen molar-refractivity contribution < 1.29 is 14.0 Å². The van der Waals surface area contributed by atoms with Gasteiger partial charge in [0.15, 0.2) is 0 Å². The number of benzene rings is 2. The van der Waals surface area contributed by atoms with Crippen LogP contribution in [0.25, 0.3) is 0 Å². The molecule has 0 radical (unpaired) electrons. The van der Waals surface area contributed by atoms with Crippen LogP contribution in [0, 0.1) is 5.82 Å². The third kappa shape index (κ3) is 4.38. The SMILES string of the molecule is CC(C)(C)c1ccc(C2SCC(C(=O)NC3CC3)N2C(=O)c2ccc(F)cc2)cc1. The Bertz CT molecular complexity index is 933. The van der Waals surface area contributed by atoms with Crippen molar-refractivity contribution in [3.05, 3.63) is 71.0 Å². The summed E-state index contributed by atoms with van der Waals surface area (Å²) in [5.41, 5.74) is 2.63. The van der Waals surface area contributed by atoms with Crippen molar-refractivity contribution in [2.45, 2.75) is 56.5 Å². The molecule has 2 aromatic carbocycles. The molecule has 2 fully saturated rings. The second-order valence-corrected chi connectivity index (χ2v) is 10.2. The van der Waals surface area contributed by atoms with Gasteiger partial charge in [0.2, 0.25) is 5.91 Å². The van der Waals surface area contributed by atoms with Crippen molar-refractivity contribution in [1.29, 1.82) is 0 Å². The Morgan fingerprint density at radius 2 is 1.67 bits per heavy atom. The second kappa shape index (κ2) is 8.06. The molecular formula is C24H27FN2O2S. The van der Waals surface area contributed by atoms with E-state index in [0.717, 1.165) is 18.4 Å². The number of nitrogens with one attached hydrogen (secondary N) is 1. The highest BCUT2D eigenvalue weighted by molar-refractivity contribution is 7.99. The maximum atomic E-state index is 13.4. The van der Waals surface area contributed by atoms with Gasteiger partial charge < -0.3 is 10.2 Å². The summed E-state index contributed by atoms with van der Waals surface area (Å²) in [5, 5.41) is 2.78. The molecule has 0 spiro atoms. The highest BCUT2D eigenvalue weighted by Gasteiger charge is 2.43. The number of thioether (sulfide) groups is 1. The monoisotopic (exact) mass is 426 g/mol. The fourth-order valence-corrected chi connectivity index (χ4v) is 5.06. The number of carbonyl (C=O) groups excluding carboxylic acids is 2. The standard InChI is InChI=1S/C24H27FN2O2S/c1-24(2,3)17-8-4-16(5-9-17)23-27(22(29)15-6-10-18(25)11-7-15)20(14-30-23)21(28)26-19-12-13-19/h4-11,19-20,23H,12-14H2,1-3H3,(H,26,28). The zero-order valence-corrected chi connectivity index (χ0v) is 18.3. The Labute approximate surface area is 181 Å². The van der Waals surface area contributed by atoms with E-state index in [2.05, 4.69) is 38.2 Å². The number of nitrogens with zero attached hydrogens (tertiary/aromatic N) is 1. The van der Waals surface area contributed by atoms with E-state index >= 15 is 0 Å². The van der Waals surface area contributed by atoms with E-state index in [1.807, 2.05) is 12.1 Å². The molecule has 0 bridgehead atoms. The lowest BCUT2D eigenvalue weighted by atomic mass is 9.86. The molecule has 1 saturated carbocycles.